The van der Waals surface area contributed by atoms with E-state index in [1.807, 2.05) is 0 Å². The highest BCUT2D eigenvalue weighted by Gasteiger charge is 2.20. The summed E-state index contributed by atoms with van der Waals surface area (Å²) in [5.74, 6) is 1.05. The fourth-order valence-corrected chi connectivity index (χ4v) is 3.04. The van der Waals surface area contributed by atoms with Crippen LogP contribution in [0.3, 0.4) is 0 Å². The molecular weight excluding hydrogens is 280 g/mol. The molecule has 0 atom stereocenters. The van der Waals surface area contributed by atoms with Crippen molar-refractivity contribution in [2.45, 2.75) is 38.1 Å². The van der Waals surface area contributed by atoms with Crippen LogP contribution in [0.5, 0.6) is 0 Å². The fourth-order valence-electron chi connectivity index (χ4n) is 1.77. The van der Waals surface area contributed by atoms with Crippen LogP contribution < -0.4 is 10.0 Å². The third kappa shape index (κ3) is 5.24. The van der Waals surface area contributed by atoms with E-state index in [0.29, 0.717) is 37.6 Å². The van der Waals surface area contributed by atoms with Crippen molar-refractivity contribution in [2.24, 2.45) is 0 Å². The maximum Gasteiger partial charge on any atom is 0.244 e. The van der Waals surface area contributed by atoms with Crippen molar-refractivity contribution in [3.05, 3.63) is 17.6 Å². The van der Waals surface area contributed by atoms with E-state index < -0.39 is 10.0 Å². The van der Waals surface area contributed by atoms with Crippen molar-refractivity contribution in [1.82, 2.24) is 10.0 Å². The number of methoxy groups -OCH3 is 1. The molecule has 0 bridgehead atoms. The monoisotopic (exact) mass is 304 g/mol. The van der Waals surface area contributed by atoms with Crippen molar-refractivity contribution in [2.75, 3.05) is 26.8 Å². The molecule has 0 saturated heterocycles. The molecule has 1 heterocycles. The number of ether oxygens (including phenoxy) is 1. The van der Waals surface area contributed by atoms with Crippen molar-refractivity contribution >= 4 is 10.0 Å². The Balaban J connectivity index is 2.64. The summed E-state index contributed by atoms with van der Waals surface area (Å²) in [7, 11) is -1.92. The Labute approximate surface area is 120 Å². The normalized spacial score (nSPS) is 11.9. The first-order valence-corrected chi connectivity index (χ1v) is 8.28. The number of aryl methyl sites for hydroxylation is 1. The maximum absolute atomic E-state index is 12.1. The van der Waals surface area contributed by atoms with Crippen LogP contribution in [-0.4, -0.2) is 35.2 Å². The van der Waals surface area contributed by atoms with E-state index in [1.165, 1.54) is 0 Å². The Morgan fingerprint density at radius 1 is 1.35 bits per heavy atom. The van der Waals surface area contributed by atoms with E-state index in [-0.39, 0.29) is 4.90 Å². The zero-order chi connectivity index (χ0) is 15.0. The van der Waals surface area contributed by atoms with Crippen molar-refractivity contribution in [3.8, 4) is 0 Å². The first kappa shape index (κ1) is 17.2. The van der Waals surface area contributed by atoms with E-state index >= 15 is 0 Å². The van der Waals surface area contributed by atoms with E-state index in [1.54, 1.807) is 20.1 Å². The van der Waals surface area contributed by atoms with Crippen LogP contribution in [0.2, 0.25) is 0 Å². The zero-order valence-electron chi connectivity index (χ0n) is 12.4. The van der Waals surface area contributed by atoms with E-state index in [4.69, 9.17) is 9.15 Å². The first-order chi connectivity index (χ1) is 9.51. The number of furan rings is 1. The van der Waals surface area contributed by atoms with Crippen LogP contribution in [0.4, 0.5) is 0 Å². The third-order valence-corrected chi connectivity index (χ3v) is 4.32. The van der Waals surface area contributed by atoms with Gasteiger partial charge in [0.2, 0.25) is 10.0 Å². The fraction of sp³-hybridized carbons (Fsp3) is 0.692. The van der Waals surface area contributed by atoms with Crippen LogP contribution in [0.1, 0.15) is 31.3 Å². The molecule has 0 aliphatic rings. The second-order valence-corrected chi connectivity index (χ2v) is 6.29. The van der Waals surface area contributed by atoms with Gasteiger partial charge in [0.05, 0.1) is 6.54 Å². The van der Waals surface area contributed by atoms with Gasteiger partial charge < -0.3 is 14.5 Å². The molecule has 0 saturated carbocycles. The molecule has 0 aromatic carbocycles. The SMILES string of the molecule is CCCNCc1cc(S(=O)(=O)NCCCOC)c(C)o1. The molecule has 2 N–H and O–H groups in total. The molecule has 20 heavy (non-hydrogen) atoms. The standard InChI is InChI=1S/C13H24N2O4S/c1-4-6-14-10-12-9-13(11(2)19-12)20(16,17)15-7-5-8-18-3/h9,14-15H,4-8,10H2,1-3H3. The summed E-state index contributed by atoms with van der Waals surface area (Å²) < 4.78 is 37.1. The Hall–Kier alpha value is -0.890. The molecule has 116 valence electrons. The number of hydrogen-bond acceptors (Lipinski definition) is 5. The minimum atomic E-state index is -3.51. The lowest BCUT2D eigenvalue weighted by atomic mass is 10.4. The third-order valence-electron chi connectivity index (χ3n) is 2.76. The molecule has 0 aliphatic carbocycles. The predicted octanol–water partition coefficient (Wildman–Crippen LogP) is 1.40. The van der Waals surface area contributed by atoms with Gasteiger partial charge in [-0.25, -0.2) is 13.1 Å². The second kappa shape index (κ2) is 8.41. The van der Waals surface area contributed by atoms with Crippen LogP contribution in [0.25, 0.3) is 0 Å². The summed E-state index contributed by atoms with van der Waals surface area (Å²) in [6, 6.07) is 1.58. The lowest BCUT2D eigenvalue weighted by Crippen LogP contribution is -2.25. The van der Waals surface area contributed by atoms with Crippen LogP contribution in [-0.2, 0) is 21.3 Å². The van der Waals surface area contributed by atoms with Gasteiger partial charge in [0.15, 0.2) is 0 Å². The summed E-state index contributed by atoms with van der Waals surface area (Å²) in [6.45, 7) is 6.02. The zero-order valence-corrected chi connectivity index (χ0v) is 13.2. The van der Waals surface area contributed by atoms with E-state index in [0.717, 1.165) is 13.0 Å². The molecule has 7 heteroatoms. The molecule has 1 aromatic rings. The summed E-state index contributed by atoms with van der Waals surface area (Å²) in [5, 5.41) is 3.18. The van der Waals surface area contributed by atoms with Gasteiger partial charge in [-0.2, -0.15) is 0 Å². The van der Waals surface area contributed by atoms with Crippen LogP contribution >= 0.6 is 0 Å². The minimum Gasteiger partial charge on any atom is -0.464 e. The molecule has 0 unspecified atom stereocenters. The number of sulfonamides is 1. The smallest absolute Gasteiger partial charge is 0.244 e. The summed E-state index contributed by atoms with van der Waals surface area (Å²) in [4.78, 5) is 0.211. The molecule has 0 aliphatic heterocycles. The molecule has 0 fully saturated rings. The van der Waals surface area contributed by atoms with Gasteiger partial charge in [0, 0.05) is 26.3 Å². The van der Waals surface area contributed by atoms with Gasteiger partial charge in [-0.05, 0) is 26.3 Å². The molecule has 1 rings (SSSR count). The van der Waals surface area contributed by atoms with Gasteiger partial charge in [0.25, 0.3) is 0 Å². The molecule has 0 amide bonds. The van der Waals surface area contributed by atoms with Crippen molar-refractivity contribution in [3.63, 3.8) is 0 Å². The maximum atomic E-state index is 12.1. The lowest BCUT2D eigenvalue weighted by Gasteiger charge is -2.04. The van der Waals surface area contributed by atoms with Gasteiger partial charge in [0.1, 0.15) is 16.4 Å². The van der Waals surface area contributed by atoms with E-state index in [2.05, 4.69) is 17.0 Å². The van der Waals surface area contributed by atoms with Crippen molar-refractivity contribution in [1.29, 1.82) is 0 Å². The Morgan fingerprint density at radius 2 is 2.10 bits per heavy atom. The van der Waals surface area contributed by atoms with Gasteiger partial charge in [-0.15, -0.1) is 0 Å². The minimum absolute atomic E-state index is 0.211. The largest absolute Gasteiger partial charge is 0.464 e. The van der Waals surface area contributed by atoms with Crippen LogP contribution in [0, 0.1) is 6.92 Å². The Bertz CT molecular complexity index is 496. The predicted molar refractivity (Wildman–Crippen MR) is 77.1 cm³/mol. The highest BCUT2D eigenvalue weighted by molar-refractivity contribution is 7.89. The number of rotatable bonds is 10. The molecule has 0 spiro atoms. The second-order valence-electron chi connectivity index (χ2n) is 4.55. The molecular formula is C13H24N2O4S. The summed E-state index contributed by atoms with van der Waals surface area (Å²) in [5.41, 5.74) is 0. The highest BCUT2D eigenvalue weighted by atomic mass is 32.2. The average molecular weight is 304 g/mol. The number of nitrogens with one attached hydrogen (secondary N) is 2. The van der Waals surface area contributed by atoms with Crippen LogP contribution in [0.15, 0.2) is 15.4 Å². The Morgan fingerprint density at radius 3 is 2.75 bits per heavy atom. The molecule has 1 aromatic heterocycles. The quantitative estimate of drug-likeness (QED) is 0.639. The average Bonchev–Trinajstić information content (AvgIpc) is 2.77. The van der Waals surface area contributed by atoms with Gasteiger partial charge in [-0.3, -0.25) is 0 Å². The topological polar surface area (TPSA) is 80.6 Å². The van der Waals surface area contributed by atoms with Gasteiger partial charge in [-0.1, -0.05) is 6.92 Å². The number of hydrogen-bond donors (Lipinski definition) is 2. The summed E-state index contributed by atoms with van der Waals surface area (Å²) in [6.07, 6.45) is 1.66. The first-order valence-electron chi connectivity index (χ1n) is 6.80. The Kier molecular flexibility index (Phi) is 7.22. The molecule has 0 radical (unpaired) electrons. The lowest BCUT2D eigenvalue weighted by molar-refractivity contribution is 0.196. The van der Waals surface area contributed by atoms with E-state index in [9.17, 15) is 8.42 Å². The van der Waals surface area contributed by atoms with Crippen molar-refractivity contribution < 1.29 is 17.6 Å². The molecule has 6 nitrogen and oxygen atoms in total. The summed E-state index contributed by atoms with van der Waals surface area (Å²) >= 11 is 0. The van der Waals surface area contributed by atoms with Gasteiger partial charge >= 0.3 is 0 Å². The highest BCUT2D eigenvalue weighted by Crippen LogP contribution is 2.19.